The SMILES string of the molecule is Cc1nc2ncnn2c(C)c1CCC(=O)NCC(c1ccccc1)c1c[nH]c2ccccc12. The van der Waals surface area contributed by atoms with E-state index in [1.807, 2.05) is 44.2 Å². The first kappa shape index (κ1) is 20.9. The van der Waals surface area contributed by atoms with E-state index in [4.69, 9.17) is 0 Å². The molecule has 0 saturated carbocycles. The molecule has 0 aliphatic heterocycles. The largest absolute Gasteiger partial charge is 0.361 e. The Balaban J connectivity index is 1.32. The predicted molar refractivity (Wildman–Crippen MR) is 128 cm³/mol. The fraction of sp³-hybridized carbons (Fsp3) is 0.231. The smallest absolute Gasteiger partial charge is 0.252 e. The molecule has 1 amide bonds. The van der Waals surface area contributed by atoms with E-state index in [2.05, 4.69) is 55.8 Å². The molecule has 0 fully saturated rings. The maximum absolute atomic E-state index is 12.8. The average molecular weight is 439 g/mol. The normalized spacial score (nSPS) is 12.3. The summed E-state index contributed by atoms with van der Waals surface area (Å²) in [7, 11) is 0. The molecule has 0 radical (unpaired) electrons. The second kappa shape index (κ2) is 8.86. The van der Waals surface area contributed by atoms with Crippen molar-refractivity contribution >= 4 is 22.6 Å². The summed E-state index contributed by atoms with van der Waals surface area (Å²) in [6.45, 7) is 4.48. The number of aromatic nitrogens is 5. The summed E-state index contributed by atoms with van der Waals surface area (Å²) in [5.41, 5.74) is 6.37. The number of nitrogens with zero attached hydrogens (tertiary/aromatic N) is 4. The fourth-order valence-electron chi connectivity index (χ4n) is 4.53. The number of fused-ring (bicyclic) bond motifs is 2. The summed E-state index contributed by atoms with van der Waals surface area (Å²) in [6, 6.07) is 18.6. The minimum absolute atomic E-state index is 0.0215. The predicted octanol–water partition coefficient (Wildman–Crippen LogP) is 4.10. The van der Waals surface area contributed by atoms with Crippen LogP contribution in [0.15, 0.2) is 67.1 Å². The summed E-state index contributed by atoms with van der Waals surface area (Å²) in [5, 5.41) is 8.58. The maximum atomic E-state index is 12.8. The average Bonchev–Trinajstić information content (AvgIpc) is 3.47. The van der Waals surface area contributed by atoms with E-state index in [1.54, 1.807) is 4.52 Å². The fourth-order valence-corrected chi connectivity index (χ4v) is 4.53. The molecule has 1 unspecified atom stereocenters. The maximum Gasteiger partial charge on any atom is 0.252 e. The van der Waals surface area contributed by atoms with Crippen molar-refractivity contribution in [1.29, 1.82) is 0 Å². The first-order valence-corrected chi connectivity index (χ1v) is 11.2. The zero-order valence-corrected chi connectivity index (χ0v) is 18.7. The highest BCUT2D eigenvalue weighted by atomic mass is 16.1. The van der Waals surface area contributed by atoms with Gasteiger partial charge in [0.2, 0.25) is 5.91 Å². The van der Waals surface area contributed by atoms with Crippen molar-refractivity contribution in [2.24, 2.45) is 0 Å². The topological polar surface area (TPSA) is 88.0 Å². The van der Waals surface area contributed by atoms with E-state index in [0.717, 1.165) is 22.5 Å². The second-order valence-corrected chi connectivity index (χ2v) is 8.29. The zero-order chi connectivity index (χ0) is 22.8. The molecule has 5 rings (SSSR count). The third kappa shape index (κ3) is 4.09. The van der Waals surface area contributed by atoms with Gasteiger partial charge in [-0.15, -0.1) is 0 Å². The number of hydrogen-bond acceptors (Lipinski definition) is 4. The summed E-state index contributed by atoms with van der Waals surface area (Å²) in [6.07, 6.45) is 4.55. The lowest BCUT2D eigenvalue weighted by Gasteiger charge is -2.18. The highest BCUT2D eigenvalue weighted by Gasteiger charge is 2.19. The molecule has 2 N–H and O–H groups in total. The number of amides is 1. The number of nitrogens with one attached hydrogen (secondary N) is 2. The quantitative estimate of drug-likeness (QED) is 0.400. The standard InChI is InChI=1S/C26H26N6O/c1-17-20(18(2)32-26(31-17)29-16-30-32)12-13-25(33)28-14-22(19-8-4-3-5-9-19)23-15-27-24-11-7-6-10-21(23)24/h3-11,15-16,22,27H,12-14H2,1-2H3,(H,28,33). The molecular weight excluding hydrogens is 412 g/mol. The van der Waals surface area contributed by atoms with Crippen LogP contribution in [0, 0.1) is 13.8 Å². The van der Waals surface area contributed by atoms with Gasteiger partial charge >= 0.3 is 0 Å². The van der Waals surface area contributed by atoms with E-state index < -0.39 is 0 Å². The number of benzene rings is 2. The van der Waals surface area contributed by atoms with Gasteiger partial charge < -0.3 is 10.3 Å². The van der Waals surface area contributed by atoms with E-state index in [1.165, 1.54) is 22.8 Å². The van der Waals surface area contributed by atoms with Crippen LogP contribution in [0.2, 0.25) is 0 Å². The molecule has 7 nitrogen and oxygen atoms in total. The number of H-pyrrole nitrogens is 1. The molecule has 33 heavy (non-hydrogen) atoms. The third-order valence-corrected chi connectivity index (χ3v) is 6.29. The number of carbonyl (C=O) groups excluding carboxylic acids is 1. The van der Waals surface area contributed by atoms with Gasteiger partial charge in [-0.3, -0.25) is 4.79 Å². The Morgan fingerprint density at radius 3 is 2.73 bits per heavy atom. The van der Waals surface area contributed by atoms with Crippen molar-refractivity contribution in [3.63, 3.8) is 0 Å². The van der Waals surface area contributed by atoms with Gasteiger partial charge in [-0.2, -0.15) is 10.1 Å². The van der Waals surface area contributed by atoms with Gasteiger partial charge in [0.15, 0.2) is 0 Å². The minimum atomic E-state index is 0.0215. The van der Waals surface area contributed by atoms with Crippen LogP contribution < -0.4 is 5.32 Å². The van der Waals surface area contributed by atoms with Gasteiger partial charge in [0, 0.05) is 47.4 Å². The van der Waals surface area contributed by atoms with Crippen molar-refractivity contribution in [1.82, 2.24) is 29.9 Å². The Morgan fingerprint density at radius 2 is 1.88 bits per heavy atom. The van der Waals surface area contributed by atoms with Crippen molar-refractivity contribution in [3.05, 3.63) is 95.2 Å². The number of aromatic amines is 1. The molecule has 3 aromatic heterocycles. The van der Waals surface area contributed by atoms with Crippen LogP contribution in [0.1, 0.15) is 40.4 Å². The molecule has 0 bridgehead atoms. The molecule has 0 spiro atoms. The number of rotatable bonds is 7. The van der Waals surface area contributed by atoms with Gasteiger partial charge in [0.25, 0.3) is 5.78 Å². The van der Waals surface area contributed by atoms with Crippen LogP contribution in [0.5, 0.6) is 0 Å². The van der Waals surface area contributed by atoms with Gasteiger partial charge in [0.1, 0.15) is 6.33 Å². The summed E-state index contributed by atoms with van der Waals surface area (Å²) >= 11 is 0. The monoisotopic (exact) mass is 438 g/mol. The Morgan fingerprint density at radius 1 is 1.09 bits per heavy atom. The molecule has 1 atom stereocenters. The van der Waals surface area contributed by atoms with Crippen LogP contribution in [0.4, 0.5) is 0 Å². The van der Waals surface area contributed by atoms with Gasteiger partial charge in [-0.1, -0.05) is 48.5 Å². The van der Waals surface area contributed by atoms with Crippen LogP contribution in [0.3, 0.4) is 0 Å². The molecular formula is C26H26N6O. The van der Waals surface area contributed by atoms with Crippen LogP contribution in [-0.2, 0) is 11.2 Å². The van der Waals surface area contributed by atoms with Gasteiger partial charge in [0.05, 0.1) is 0 Å². The number of hydrogen-bond donors (Lipinski definition) is 2. The Bertz CT molecular complexity index is 1420. The second-order valence-electron chi connectivity index (χ2n) is 8.29. The van der Waals surface area contributed by atoms with Crippen LogP contribution in [-0.4, -0.2) is 37.0 Å². The van der Waals surface area contributed by atoms with E-state index in [9.17, 15) is 4.79 Å². The van der Waals surface area contributed by atoms with E-state index in [0.29, 0.717) is 25.2 Å². The van der Waals surface area contributed by atoms with Crippen LogP contribution in [0.25, 0.3) is 16.7 Å². The Labute approximate surface area is 191 Å². The van der Waals surface area contributed by atoms with Gasteiger partial charge in [-0.25, -0.2) is 9.50 Å². The van der Waals surface area contributed by atoms with Crippen molar-refractivity contribution in [2.45, 2.75) is 32.6 Å². The summed E-state index contributed by atoms with van der Waals surface area (Å²) in [5.74, 6) is 0.666. The molecule has 166 valence electrons. The molecule has 0 aliphatic rings. The van der Waals surface area contributed by atoms with Crippen molar-refractivity contribution in [2.75, 3.05) is 6.54 Å². The first-order valence-electron chi connectivity index (χ1n) is 11.2. The molecule has 7 heteroatoms. The summed E-state index contributed by atoms with van der Waals surface area (Å²) in [4.78, 5) is 24.9. The first-order chi connectivity index (χ1) is 16.1. The summed E-state index contributed by atoms with van der Waals surface area (Å²) < 4.78 is 1.72. The lowest BCUT2D eigenvalue weighted by molar-refractivity contribution is -0.121. The number of aryl methyl sites for hydroxylation is 2. The van der Waals surface area contributed by atoms with E-state index >= 15 is 0 Å². The lowest BCUT2D eigenvalue weighted by Crippen LogP contribution is -2.29. The number of carbonyl (C=O) groups is 1. The van der Waals surface area contributed by atoms with E-state index in [-0.39, 0.29) is 11.8 Å². The Hall–Kier alpha value is -4.00. The highest BCUT2D eigenvalue weighted by molar-refractivity contribution is 5.84. The molecule has 3 heterocycles. The number of para-hydroxylation sites is 1. The third-order valence-electron chi connectivity index (χ3n) is 6.29. The highest BCUT2D eigenvalue weighted by Crippen LogP contribution is 2.30. The zero-order valence-electron chi connectivity index (χ0n) is 18.7. The van der Waals surface area contributed by atoms with Crippen molar-refractivity contribution < 1.29 is 4.79 Å². The Kier molecular flexibility index (Phi) is 5.60. The van der Waals surface area contributed by atoms with Crippen molar-refractivity contribution in [3.8, 4) is 0 Å². The minimum Gasteiger partial charge on any atom is -0.361 e. The molecule has 0 saturated heterocycles. The lowest BCUT2D eigenvalue weighted by atomic mass is 9.91. The van der Waals surface area contributed by atoms with Gasteiger partial charge in [-0.05, 0) is 43.0 Å². The molecule has 0 aliphatic carbocycles. The molecule has 5 aromatic rings. The molecule has 2 aromatic carbocycles. The van der Waals surface area contributed by atoms with Crippen LogP contribution >= 0.6 is 0 Å².